The van der Waals surface area contributed by atoms with Gasteiger partial charge in [-0.25, -0.2) is 4.79 Å². The molecule has 1 atom stereocenters. The summed E-state index contributed by atoms with van der Waals surface area (Å²) in [4.78, 5) is 91.4. The molecule has 4 fully saturated rings. The fraction of sp³-hybridized carbons (Fsp3) is 0.472. The zero-order valence-corrected chi connectivity index (χ0v) is 28.2. The molecule has 50 heavy (non-hydrogen) atoms. The fourth-order valence-corrected chi connectivity index (χ4v) is 8.50. The summed E-state index contributed by atoms with van der Waals surface area (Å²) >= 11 is 0. The number of Topliss-reactive ketones (excluding diaryl/α,β-unsaturated/α-hetero) is 1. The highest BCUT2D eigenvalue weighted by atomic mass is 16.5. The van der Waals surface area contributed by atoms with Crippen LogP contribution in [0.2, 0.25) is 0 Å². The number of nitrogens with one attached hydrogen (secondary N) is 4. The Kier molecular flexibility index (Phi) is 9.63. The van der Waals surface area contributed by atoms with E-state index in [1.165, 1.54) is 32.5 Å². The van der Waals surface area contributed by atoms with E-state index in [1.807, 2.05) is 0 Å². The highest BCUT2D eigenvalue weighted by molar-refractivity contribution is 6.36. The van der Waals surface area contributed by atoms with Crippen molar-refractivity contribution >= 4 is 52.0 Å². The summed E-state index contributed by atoms with van der Waals surface area (Å²) < 4.78 is 12.1. The highest BCUT2D eigenvalue weighted by Gasteiger charge is 2.62. The second-order valence-corrected chi connectivity index (χ2v) is 13.7. The Labute approximate surface area is 287 Å². The van der Waals surface area contributed by atoms with Crippen LogP contribution in [0.5, 0.6) is 0 Å². The van der Waals surface area contributed by atoms with E-state index in [4.69, 9.17) is 9.15 Å². The van der Waals surface area contributed by atoms with Crippen LogP contribution in [0.3, 0.4) is 0 Å². The van der Waals surface area contributed by atoms with Crippen LogP contribution in [0.15, 0.2) is 51.8 Å². The van der Waals surface area contributed by atoms with E-state index in [9.17, 15) is 33.6 Å². The number of carbonyl (C=O) groups excluding carboxylic acids is 6. The Hall–Kier alpha value is -5.27. The van der Waals surface area contributed by atoms with Crippen molar-refractivity contribution in [2.24, 2.45) is 23.7 Å². The van der Waals surface area contributed by atoms with Crippen LogP contribution in [0.1, 0.15) is 61.1 Å². The van der Waals surface area contributed by atoms with Gasteiger partial charge in [-0.15, -0.1) is 0 Å². The average molecular weight is 688 g/mol. The number of benzene rings is 1. The normalized spacial score (nSPS) is 23.9. The van der Waals surface area contributed by atoms with Crippen LogP contribution < -0.4 is 26.8 Å². The van der Waals surface area contributed by atoms with Gasteiger partial charge in [0.25, 0.3) is 17.4 Å². The van der Waals surface area contributed by atoms with Gasteiger partial charge in [0.2, 0.25) is 17.6 Å². The van der Waals surface area contributed by atoms with Crippen molar-refractivity contribution in [2.75, 3.05) is 19.5 Å². The van der Waals surface area contributed by atoms with Gasteiger partial charge >= 0.3 is 5.97 Å². The summed E-state index contributed by atoms with van der Waals surface area (Å²) in [5.41, 5.74) is -1.01. The third kappa shape index (κ3) is 6.41. The number of hydrogen-bond acceptors (Lipinski definition) is 9. The molecule has 4 aliphatic carbocycles. The molecule has 14 nitrogen and oxygen atoms in total. The average Bonchev–Trinajstić information content (AvgIpc) is 3.44. The summed E-state index contributed by atoms with van der Waals surface area (Å²) in [6, 6.07) is 8.51. The van der Waals surface area contributed by atoms with Crippen molar-refractivity contribution in [3.63, 3.8) is 0 Å². The minimum atomic E-state index is -1.35. The molecule has 4 saturated carbocycles. The van der Waals surface area contributed by atoms with Gasteiger partial charge in [-0.05, 0) is 87.3 Å². The zero-order valence-electron chi connectivity index (χ0n) is 28.2. The number of pyridine rings is 1. The third-order valence-electron chi connectivity index (χ3n) is 10.7. The van der Waals surface area contributed by atoms with Gasteiger partial charge in [-0.1, -0.05) is 18.2 Å². The Balaban J connectivity index is 1.18. The van der Waals surface area contributed by atoms with Gasteiger partial charge in [0.15, 0.2) is 5.76 Å². The molecule has 4 N–H and O–H groups in total. The number of ketones is 1. The lowest BCUT2D eigenvalue weighted by Crippen LogP contribution is -2.70. The molecule has 4 bridgehead atoms. The van der Waals surface area contributed by atoms with Gasteiger partial charge in [0, 0.05) is 30.6 Å². The lowest BCUT2D eigenvalue weighted by molar-refractivity contribution is -0.171. The van der Waals surface area contributed by atoms with Gasteiger partial charge < -0.3 is 35.0 Å². The van der Waals surface area contributed by atoms with Gasteiger partial charge in [0.1, 0.15) is 29.4 Å². The van der Waals surface area contributed by atoms with Crippen LogP contribution in [-0.4, -0.2) is 65.7 Å². The van der Waals surface area contributed by atoms with Crippen LogP contribution in [0.25, 0.3) is 11.0 Å². The Bertz CT molecular complexity index is 1900. The number of aromatic nitrogens is 1. The number of carbonyl (C=O) groups is 6. The summed E-state index contributed by atoms with van der Waals surface area (Å²) in [5, 5.41) is 11.0. The lowest BCUT2D eigenvalue weighted by Gasteiger charge is -2.59. The van der Waals surface area contributed by atoms with Gasteiger partial charge in [-0.3, -0.25) is 28.8 Å². The molecule has 7 rings (SSSR count). The van der Waals surface area contributed by atoms with Crippen molar-refractivity contribution in [3.8, 4) is 0 Å². The molecule has 2 heterocycles. The number of rotatable bonds is 12. The number of esters is 1. The number of ether oxygens (including phenoxy) is 1. The van der Waals surface area contributed by atoms with Crippen LogP contribution in [0.4, 0.5) is 5.69 Å². The molecular formula is C36H41N5O9. The standard InChI is InChI=1S/C36H41N5O9/c1-19-24-7-4-5-9-28(24)50-30(19)33(46)38-25(10-11-27(42)32(45)37-2)31(44)39-26-8-6-12-41(34(26)47)18-29(43)40-36(35(48)49-3)22-14-20-13-21(16-22)17-23(36)15-20/h4-9,12,20-23,25H,10-11,13-18H2,1-3H3,(H,37,45)(H,38,46)(H,39,44)(H,40,43). The predicted molar refractivity (Wildman–Crippen MR) is 180 cm³/mol. The molecule has 4 aliphatic rings. The highest BCUT2D eigenvalue weighted by Crippen LogP contribution is 2.58. The maximum Gasteiger partial charge on any atom is 0.332 e. The van der Waals surface area contributed by atoms with Gasteiger partial charge in [-0.2, -0.15) is 0 Å². The number of amides is 4. The summed E-state index contributed by atoms with van der Waals surface area (Å²) in [6.07, 6.45) is 5.27. The number of likely N-dealkylation sites (N-methyl/N-ethyl adjacent to an activating group) is 1. The Morgan fingerprint density at radius 1 is 0.980 bits per heavy atom. The maximum absolute atomic E-state index is 13.6. The number of hydrogen-bond donors (Lipinski definition) is 4. The number of fused-ring (bicyclic) bond motifs is 1. The van der Waals surface area contributed by atoms with Crippen molar-refractivity contribution in [1.29, 1.82) is 0 Å². The van der Waals surface area contributed by atoms with Crippen LogP contribution >= 0.6 is 0 Å². The molecule has 3 aromatic rings. The number of methoxy groups -OCH3 is 1. The summed E-state index contributed by atoms with van der Waals surface area (Å²) in [6.45, 7) is 1.28. The van der Waals surface area contributed by atoms with Crippen LogP contribution in [-0.2, 0) is 35.3 Å². The molecule has 1 aromatic carbocycles. The number of para-hydroxylation sites is 1. The number of furan rings is 1. The first-order valence-electron chi connectivity index (χ1n) is 16.9. The maximum atomic E-state index is 13.6. The minimum absolute atomic E-state index is 0.0291. The SMILES string of the molecule is CNC(=O)C(=O)CCC(NC(=O)c1oc2ccccc2c1C)C(=O)Nc1cccn(CC(=O)NC2(C(=O)OC)C3CC4CC(C3)CC2C4)c1=O. The van der Waals surface area contributed by atoms with Crippen LogP contribution in [0, 0.1) is 30.6 Å². The van der Waals surface area contributed by atoms with E-state index >= 15 is 0 Å². The topological polar surface area (TPSA) is 195 Å². The van der Waals surface area contributed by atoms with Crippen molar-refractivity contribution < 1.29 is 37.9 Å². The van der Waals surface area contributed by atoms with E-state index in [2.05, 4.69) is 21.3 Å². The molecule has 0 saturated heterocycles. The van der Waals surface area contributed by atoms with Crippen molar-refractivity contribution in [2.45, 2.75) is 70.0 Å². The molecule has 0 spiro atoms. The number of nitrogens with zero attached hydrogens (tertiary/aromatic N) is 1. The minimum Gasteiger partial charge on any atom is -0.467 e. The number of aryl methyl sites for hydroxylation is 1. The fourth-order valence-electron chi connectivity index (χ4n) is 8.50. The summed E-state index contributed by atoms with van der Waals surface area (Å²) in [5.74, 6) is -3.23. The second kappa shape index (κ2) is 13.9. The first kappa shape index (κ1) is 34.6. The Morgan fingerprint density at radius 3 is 2.30 bits per heavy atom. The third-order valence-corrected chi connectivity index (χ3v) is 10.7. The molecule has 1 unspecified atom stereocenters. The lowest BCUT2D eigenvalue weighted by atomic mass is 9.48. The largest absolute Gasteiger partial charge is 0.467 e. The van der Waals surface area contributed by atoms with Gasteiger partial charge in [0.05, 0.1) is 7.11 Å². The van der Waals surface area contributed by atoms with E-state index in [-0.39, 0.29) is 36.1 Å². The Morgan fingerprint density at radius 2 is 1.66 bits per heavy atom. The van der Waals surface area contributed by atoms with E-state index in [0.717, 1.165) is 36.7 Å². The molecule has 14 heteroatoms. The first-order chi connectivity index (χ1) is 23.9. The molecule has 264 valence electrons. The number of anilines is 1. The summed E-state index contributed by atoms with van der Waals surface area (Å²) in [7, 11) is 2.62. The quantitative estimate of drug-likeness (QED) is 0.163. The van der Waals surface area contributed by atoms with E-state index < -0.39 is 59.1 Å². The van der Waals surface area contributed by atoms with E-state index in [0.29, 0.717) is 28.4 Å². The predicted octanol–water partition coefficient (Wildman–Crippen LogP) is 2.22. The molecule has 0 radical (unpaired) electrons. The monoisotopic (exact) mass is 687 g/mol. The first-order valence-corrected chi connectivity index (χ1v) is 16.9. The van der Waals surface area contributed by atoms with Crippen molar-refractivity contribution in [1.82, 2.24) is 20.5 Å². The zero-order chi connectivity index (χ0) is 35.7. The van der Waals surface area contributed by atoms with Crippen molar-refractivity contribution in [3.05, 3.63) is 64.3 Å². The molecule has 4 amide bonds. The molecule has 0 aliphatic heterocycles. The molecule has 2 aromatic heterocycles. The molecular weight excluding hydrogens is 646 g/mol. The second-order valence-electron chi connectivity index (χ2n) is 13.7. The smallest absolute Gasteiger partial charge is 0.332 e. The van der Waals surface area contributed by atoms with E-state index in [1.54, 1.807) is 31.2 Å².